The number of benzene rings is 2. The van der Waals surface area contributed by atoms with Crippen LogP contribution in [0, 0.1) is 19.3 Å². The lowest BCUT2D eigenvalue weighted by atomic mass is 10.0. The molecule has 0 amide bonds. The minimum Gasteiger partial charge on any atom is -0.382 e. The Kier molecular flexibility index (Phi) is 6.22. The first-order valence-corrected chi connectivity index (χ1v) is 11.0. The van der Waals surface area contributed by atoms with E-state index >= 15 is 0 Å². The molecule has 0 unspecified atom stereocenters. The lowest BCUT2D eigenvalue weighted by molar-refractivity contribution is 0.0687. The van der Waals surface area contributed by atoms with Gasteiger partial charge in [-0.15, -0.1) is 0 Å². The summed E-state index contributed by atoms with van der Waals surface area (Å²) in [5.41, 5.74) is 3.21. The molecule has 1 atom stereocenters. The molecule has 2 aromatic heterocycles. The van der Waals surface area contributed by atoms with Gasteiger partial charge in [0, 0.05) is 23.3 Å². The second kappa shape index (κ2) is 8.98. The molecule has 4 aromatic rings. The highest BCUT2D eigenvalue weighted by Gasteiger charge is 2.20. The fourth-order valence-corrected chi connectivity index (χ4v) is 3.90. The zero-order valence-corrected chi connectivity index (χ0v) is 19.9. The highest BCUT2D eigenvalue weighted by molar-refractivity contribution is 6.35. The predicted octanol–water partition coefficient (Wildman–Crippen LogP) is 6.74. The van der Waals surface area contributed by atoms with Gasteiger partial charge in [-0.3, -0.25) is 4.98 Å². The number of aliphatic hydroxyl groups is 1. The van der Waals surface area contributed by atoms with Crippen LogP contribution >= 0.6 is 11.6 Å². The Morgan fingerprint density at radius 2 is 1.82 bits per heavy atom. The molecule has 0 aliphatic heterocycles. The molecule has 0 fully saturated rings. The van der Waals surface area contributed by atoms with Crippen molar-refractivity contribution in [2.75, 3.05) is 5.32 Å². The number of hydrogen-bond acceptors (Lipinski definition) is 5. The van der Waals surface area contributed by atoms with Crippen molar-refractivity contribution in [1.82, 2.24) is 15.0 Å². The maximum absolute atomic E-state index is 14.5. The second-order valence-corrected chi connectivity index (χ2v) is 9.03. The van der Waals surface area contributed by atoms with Crippen LogP contribution in [0.2, 0.25) is 5.02 Å². The van der Waals surface area contributed by atoms with Crippen molar-refractivity contribution in [3.63, 3.8) is 0 Å². The highest BCUT2D eigenvalue weighted by atomic mass is 35.5. The number of fused-ring (bicyclic) bond motifs is 1. The number of anilines is 1. The normalized spacial score (nSPS) is 12.4. The molecule has 4 rings (SSSR count). The van der Waals surface area contributed by atoms with Gasteiger partial charge in [0.15, 0.2) is 11.5 Å². The Morgan fingerprint density at radius 3 is 2.47 bits per heavy atom. The zero-order valence-electron chi connectivity index (χ0n) is 19.2. The van der Waals surface area contributed by atoms with E-state index in [0.717, 1.165) is 22.0 Å². The lowest BCUT2D eigenvalue weighted by Crippen LogP contribution is -2.19. The first-order chi connectivity index (χ1) is 16.1. The van der Waals surface area contributed by atoms with Crippen molar-refractivity contribution < 1.29 is 9.50 Å². The van der Waals surface area contributed by atoms with Crippen molar-refractivity contribution in [1.29, 1.82) is 0 Å². The summed E-state index contributed by atoms with van der Waals surface area (Å²) in [6, 6.07) is 9.56. The average molecular weight is 476 g/mol. The summed E-state index contributed by atoms with van der Waals surface area (Å²) < 4.78 is 14.5. The standard InChI is InChI=1S/C26H23ClFN5O/c1-14(19-11-18(29-5)7-8-21(19)28)33-24-20-10-16(6-9-22(20)32-15(2)23(24)27)17-12-30-25(31-13-17)26(3,4)34/h6-14,34H,1-4H3,(H,32,33)/t14-/m1/s1. The fraction of sp³-hybridized carbons (Fsp3) is 0.231. The Labute approximate surface area is 202 Å². The fourth-order valence-electron chi connectivity index (χ4n) is 3.70. The van der Waals surface area contributed by atoms with Crippen LogP contribution in [-0.2, 0) is 5.60 Å². The SMILES string of the molecule is [C-]#[N+]c1ccc(F)c([C@@H](C)Nc2c(Cl)c(C)nc3ccc(-c4cnc(C(C)(C)O)nc4)cc23)c1. The maximum atomic E-state index is 14.5. The monoisotopic (exact) mass is 475 g/mol. The largest absolute Gasteiger partial charge is 0.382 e. The number of aryl methyl sites for hydroxylation is 1. The molecule has 0 radical (unpaired) electrons. The maximum Gasteiger partial charge on any atom is 0.187 e. The molecule has 0 aliphatic carbocycles. The van der Waals surface area contributed by atoms with Crippen LogP contribution in [0.4, 0.5) is 15.8 Å². The van der Waals surface area contributed by atoms with E-state index in [4.69, 9.17) is 18.2 Å². The van der Waals surface area contributed by atoms with Gasteiger partial charge >= 0.3 is 0 Å². The van der Waals surface area contributed by atoms with Crippen LogP contribution in [0.25, 0.3) is 26.9 Å². The van der Waals surface area contributed by atoms with Crippen LogP contribution in [-0.4, -0.2) is 20.1 Å². The molecule has 0 aliphatic rings. The van der Waals surface area contributed by atoms with Gasteiger partial charge in [0.25, 0.3) is 0 Å². The minimum absolute atomic E-state index is 0.331. The van der Waals surface area contributed by atoms with Gasteiger partial charge in [-0.25, -0.2) is 19.2 Å². The minimum atomic E-state index is -1.13. The molecule has 0 saturated carbocycles. The molecule has 2 heterocycles. The number of hydrogen-bond donors (Lipinski definition) is 2. The number of pyridine rings is 1. The summed E-state index contributed by atoms with van der Waals surface area (Å²) in [6.45, 7) is 14.1. The number of aromatic nitrogens is 3. The molecule has 6 nitrogen and oxygen atoms in total. The van der Waals surface area contributed by atoms with Gasteiger partial charge in [-0.1, -0.05) is 23.7 Å². The van der Waals surface area contributed by atoms with Crippen LogP contribution in [0.15, 0.2) is 48.8 Å². The first kappa shape index (κ1) is 23.6. The van der Waals surface area contributed by atoms with Crippen molar-refractivity contribution in [2.45, 2.75) is 39.3 Å². The number of nitrogens with one attached hydrogen (secondary N) is 1. The van der Waals surface area contributed by atoms with Gasteiger partial charge in [-0.2, -0.15) is 0 Å². The molecular weight excluding hydrogens is 453 g/mol. The summed E-state index contributed by atoms with van der Waals surface area (Å²) in [7, 11) is 0. The van der Waals surface area contributed by atoms with Gasteiger partial charge < -0.3 is 10.4 Å². The molecule has 0 spiro atoms. The summed E-state index contributed by atoms with van der Waals surface area (Å²) in [5, 5.41) is 14.6. The molecule has 2 aromatic carbocycles. The van der Waals surface area contributed by atoms with Crippen LogP contribution in [0.5, 0.6) is 0 Å². The van der Waals surface area contributed by atoms with Crippen molar-refractivity contribution in [2.24, 2.45) is 0 Å². The van der Waals surface area contributed by atoms with Crippen molar-refractivity contribution >= 4 is 33.9 Å². The van der Waals surface area contributed by atoms with E-state index in [-0.39, 0.29) is 0 Å². The quantitative estimate of drug-likeness (QED) is 0.312. The summed E-state index contributed by atoms with van der Waals surface area (Å²) in [5.74, 6) is -0.0689. The highest BCUT2D eigenvalue weighted by Crippen LogP contribution is 2.37. The average Bonchev–Trinajstić information content (AvgIpc) is 2.81. The Hall–Kier alpha value is -3.60. The van der Waals surface area contributed by atoms with E-state index < -0.39 is 17.5 Å². The Bertz CT molecular complexity index is 1420. The third-order valence-corrected chi connectivity index (χ3v) is 6.02. The Morgan fingerprint density at radius 1 is 1.12 bits per heavy atom. The summed E-state index contributed by atoms with van der Waals surface area (Å²) >= 11 is 6.65. The first-order valence-electron chi connectivity index (χ1n) is 10.7. The van der Waals surface area contributed by atoms with E-state index in [1.807, 2.05) is 32.0 Å². The van der Waals surface area contributed by atoms with Crippen molar-refractivity contribution in [3.8, 4) is 11.1 Å². The van der Waals surface area contributed by atoms with E-state index in [1.54, 1.807) is 26.2 Å². The summed E-state index contributed by atoms with van der Waals surface area (Å²) in [6.07, 6.45) is 3.32. The van der Waals surface area contributed by atoms with Crippen LogP contribution in [0.3, 0.4) is 0 Å². The van der Waals surface area contributed by atoms with E-state index in [1.165, 1.54) is 18.2 Å². The molecule has 34 heavy (non-hydrogen) atoms. The molecule has 2 N–H and O–H groups in total. The Balaban J connectivity index is 1.79. The van der Waals surface area contributed by atoms with Crippen LogP contribution in [0.1, 0.15) is 43.9 Å². The molecule has 0 saturated heterocycles. The number of halogens is 2. The topological polar surface area (TPSA) is 75.3 Å². The molecular formula is C26H23ClFN5O. The number of rotatable bonds is 5. The lowest BCUT2D eigenvalue weighted by Gasteiger charge is -2.20. The van der Waals surface area contributed by atoms with Gasteiger partial charge in [0.2, 0.25) is 0 Å². The molecule has 0 bridgehead atoms. The number of nitrogens with zero attached hydrogens (tertiary/aromatic N) is 4. The smallest absolute Gasteiger partial charge is 0.187 e. The van der Waals surface area contributed by atoms with Gasteiger partial charge in [0.05, 0.1) is 34.5 Å². The predicted molar refractivity (Wildman–Crippen MR) is 132 cm³/mol. The second-order valence-electron chi connectivity index (χ2n) is 8.66. The van der Waals surface area contributed by atoms with Gasteiger partial charge in [0.1, 0.15) is 11.4 Å². The summed E-state index contributed by atoms with van der Waals surface area (Å²) in [4.78, 5) is 16.6. The van der Waals surface area contributed by atoms with Crippen LogP contribution < -0.4 is 5.32 Å². The van der Waals surface area contributed by atoms with Crippen molar-refractivity contribution in [3.05, 3.63) is 88.1 Å². The third kappa shape index (κ3) is 4.56. The van der Waals surface area contributed by atoms with E-state index in [2.05, 4.69) is 25.1 Å². The molecule has 8 heteroatoms. The van der Waals surface area contributed by atoms with Gasteiger partial charge in [-0.05, 0) is 63.1 Å². The zero-order chi connectivity index (χ0) is 24.6. The third-order valence-electron chi connectivity index (χ3n) is 5.56. The van der Waals surface area contributed by atoms with E-state index in [9.17, 15) is 9.50 Å². The van der Waals surface area contributed by atoms with E-state index in [0.29, 0.717) is 33.5 Å². The molecule has 172 valence electrons.